The molecule has 1 aliphatic heterocycles. The molecule has 176 valence electrons. The number of nitrogen functional groups attached to an aromatic ring is 1. The van der Waals surface area contributed by atoms with Crippen molar-refractivity contribution in [1.82, 2.24) is 15.3 Å². The summed E-state index contributed by atoms with van der Waals surface area (Å²) in [6.07, 6.45) is 1.61. The number of nitrogens with zero attached hydrogens (tertiary/aromatic N) is 3. The lowest BCUT2D eigenvalue weighted by molar-refractivity contribution is -0.125. The maximum Gasteiger partial charge on any atom is 0.225 e. The van der Waals surface area contributed by atoms with Gasteiger partial charge in [0, 0.05) is 30.8 Å². The number of rotatable bonds is 6. The lowest BCUT2D eigenvalue weighted by Crippen LogP contribution is -2.47. The average Bonchev–Trinajstić information content (AvgIpc) is 2.82. The minimum absolute atomic E-state index is 0.00453. The van der Waals surface area contributed by atoms with Crippen LogP contribution in [0, 0.1) is 11.7 Å². The number of Topliss-reactive ketones (excluding diaryl/α,β-unsaturated/α-hetero) is 1. The first-order valence-corrected chi connectivity index (χ1v) is 11.4. The van der Waals surface area contributed by atoms with E-state index in [2.05, 4.69) is 27.1 Å². The van der Waals surface area contributed by atoms with Crippen LogP contribution < -0.4 is 16.0 Å². The zero-order valence-corrected chi connectivity index (χ0v) is 19.3. The zero-order chi connectivity index (χ0) is 24.2. The Kier molecular flexibility index (Phi) is 6.86. The third-order valence-electron chi connectivity index (χ3n) is 6.23. The maximum atomic E-state index is 14.4. The van der Waals surface area contributed by atoms with Gasteiger partial charge in [-0.25, -0.2) is 9.37 Å². The molecule has 0 spiro atoms. The standard InChI is InChI=1S/C26H28FN5O2/c1-16-8-9-20(25(34)29-14-18-6-4-3-5-7-18)15-32(16)24-13-23(30-26(28)31-24)19-10-11-21(17(2)33)22(27)12-19/h3-7,10-13,16,20H,8-9,14-15H2,1-2H3,(H,29,34)(H2,28,30,31)/t16-,20+/m1/s1. The summed E-state index contributed by atoms with van der Waals surface area (Å²) in [7, 11) is 0. The predicted octanol–water partition coefficient (Wildman–Crippen LogP) is 3.99. The molecule has 1 amide bonds. The Bertz CT molecular complexity index is 1200. The minimum atomic E-state index is -0.606. The normalized spacial score (nSPS) is 17.9. The van der Waals surface area contributed by atoms with Crippen molar-refractivity contribution in [2.45, 2.75) is 39.3 Å². The number of halogens is 1. The van der Waals surface area contributed by atoms with Gasteiger partial charge in [0.15, 0.2) is 5.78 Å². The van der Waals surface area contributed by atoms with Gasteiger partial charge in [-0.3, -0.25) is 9.59 Å². The minimum Gasteiger partial charge on any atom is -0.368 e. The summed E-state index contributed by atoms with van der Waals surface area (Å²) in [5.74, 6) is -0.481. The van der Waals surface area contributed by atoms with Crippen LogP contribution >= 0.6 is 0 Å². The van der Waals surface area contributed by atoms with Crippen LogP contribution in [0.1, 0.15) is 42.6 Å². The number of ketones is 1. The van der Waals surface area contributed by atoms with E-state index in [4.69, 9.17) is 5.73 Å². The Balaban J connectivity index is 1.53. The van der Waals surface area contributed by atoms with Crippen molar-refractivity contribution in [3.8, 4) is 11.3 Å². The number of hydrogen-bond acceptors (Lipinski definition) is 6. The molecular weight excluding hydrogens is 433 g/mol. The van der Waals surface area contributed by atoms with Crippen LogP contribution in [0.2, 0.25) is 0 Å². The monoisotopic (exact) mass is 461 g/mol. The van der Waals surface area contributed by atoms with Gasteiger partial charge < -0.3 is 16.0 Å². The molecule has 1 fully saturated rings. The number of benzene rings is 2. The second-order valence-corrected chi connectivity index (χ2v) is 8.70. The van der Waals surface area contributed by atoms with E-state index in [1.54, 1.807) is 12.1 Å². The summed E-state index contributed by atoms with van der Waals surface area (Å²) in [6.45, 7) is 4.38. The highest BCUT2D eigenvalue weighted by Gasteiger charge is 2.31. The number of anilines is 2. The maximum absolute atomic E-state index is 14.4. The summed E-state index contributed by atoms with van der Waals surface area (Å²) in [4.78, 5) is 35.1. The fraction of sp³-hybridized carbons (Fsp3) is 0.308. The second kappa shape index (κ2) is 9.99. The molecular formula is C26H28FN5O2. The van der Waals surface area contributed by atoms with Crippen molar-refractivity contribution in [3.63, 3.8) is 0 Å². The molecule has 2 heterocycles. The van der Waals surface area contributed by atoms with Gasteiger partial charge in [0.1, 0.15) is 11.6 Å². The molecule has 1 aliphatic rings. The van der Waals surface area contributed by atoms with Crippen LogP contribution in [0.3, 0.4) is 0 Å². The highest BCUT2D eigenvalue weighted by molar-refractivity contribution is 5.94. The van der Waals surface area contributed by atoms with Crippen LogP contribution in [0.15, 0.2) is 54.6 Å². The van der Waals surface area contributed by atoms with E-state index in [9.17, 15) is 14.0 Å². The lowest BCUT2D eigenvalue weighted by atomic mass is 9.92. The summed E-state index contributed by atoms with van der Waals surface area (Å²) < 4.78 is 14.4. The number of hydrogen-bond donors (Lipinski definition) is 2. The number of carbonyl (C=O) groups is 2. The molecule has 0 aliphatic carbocycles. The van der Waals surface area contributed by atoms with Crippen molar-refractivity contribution in [2.75, 3.05) is 17.2 Å². The highest BCUT2D eigenvalue weighted by atomic mass is 19.1. The van der Waals surface area contributed by atoms with Crippen molar-refractivity contribution in [1.29, 1.82) is 0 Å². The Morgan fingerprint density at radius 3 is 2.59 bits per heavy atom. The second-order valence-electron chi connectivity index (χ2n) is 8.70. The Morgan fingerprint density at radius 2 is 1.88 bits per heavy atom. The summed E-state index contributed by atoms with van der Waals surface area (Å²) >= 11 is 0. The van der Waals surface area contributed by atoms with Crippen molar-refractivity contribution >= 4 is 23.5 Å². The van der Waals surface area contributed by atoms with Gasteiger partial charge in [-0.1, -0.05) is 36.4 Å². The molecule has 1 saturated heterocycles. The molecule has 0 radical (unpaired) electrons. The Hall–Kier alpha value is -3.81. The first-order valence-electron chi connectivity index (χ1n) is 11.4. The highest BCUT2D eigenvalue weighted by Crippen LogP contribution is 2.30. The smallest absolute Gasteiger partial charge is 0.225 e. The largest absolute Gasteiger partial charge is 0.368 e. The van der Waals surface area contributed by atoms with Gasteiger partial charge in [0.05, 0.1) is 17.2 Å². The molecule has 4 rings (SSSR count). The van der Waals surface area contributed by atoms with Crippen molar-refractivity contribution in [2.24, 2.45) is 5.92 Å². The fourth-order valence-corrected chi connectivity index (χ4v) is 4.28. The Labute approximate surface area is 198 Å². The van der Waals surface area contributed by atoms with Gasteiger partial charge in [-0.15, -0.1) is 0 Å². The van der Waals surface area contributed by atoms with E-state index in [1.807, 2.05) is 30.3 Å². The number of nitrogens with one attached hydrogen (secondary N) is 1. The first kappa shape index (κ1) is 23.4. The first-order chi connectivity index (χ1) is 16.3. The van der Waals surface area contributed by atoms with E-state index >= 15 is 0 Å². The molecule has 1 aromatic heterocycles. The van der Waals surface area contributed by atoms with Gasteiger partial charge in [-0.05, 0) is 44.4 Å². The number of nitrogens with two attached hydrogens (primary N) is 1. The fourth-order valence-electron chi connectivity index (χ4n) is 4.28. The van der Waals surface area contributed by atoms with Gasteiger partial charge >= 0.3 is 0 Å². The molecule has 2 aromatic carbocycles. The van der Waals surface area contributed by atoms with Crippen molar-refractivity contribution in [3.05, 3.63) is 71.5 Å². The van der Waals surface area contributed by atoms with Crippen LogP contribution in [-0.4, -0.2) is 34.2 Å². The quantitative estimate of drug-likeness (QED) is 0.539. The van der Waals surface area contributed by atoms with E-state index in [1.165, 1.54) is 19.1 Å². The molecule has 0 saturated carbocycles. The molecule has 7 nitrogen and oxygen atoms in total. The van der Waals surface area contributed by atoms with E-state index in [0.29, 0.717) is 30.2 Å². The molecule has 2 atom stereocenters. The molecule has 3 aromatic rings. The number of piperidine rings is 1. The SMILES string of the molecule is CC(=O)c1ccc(-c2cc(N3C[C@@H](C(=O)NCc4ccccc4)CC[C@H]3C)nc(N)n2)cc1F. The van der Waals surface area contributed by atoms with E-state index < -0.39 is 5.82 Å². The molecule has 8 heteroatoms. The number of amides is 1. The zero-order valence-electron chi connectivity index (χ0n) is 19.3. The average molecular weight is 462 g/mol. The van der Waals surface area contributed by atoms with E-state index in [0.717, 1.165) is 18.4 Å². The summed E-state index contributed by atoms with van der Waals surface area (Å²) in [5.41, 5.74) is 8.03. The molecule has 34 heavy (non-hydrogen) atoms. The van der Waals surface area contributed by atoms with Gasteiger partial charge in [-0.2, -0.15) is 4.98 Å². The van der Waals surface area contributed by atoms with Gasteiger partial charge in [0.2, 0.25) is 11.9 Å². The summed E-state index contributed by atoms with van der Waals surface area (Å²) in [6, 6.07) is 16.1. The third kappa shape index (κ3) is 5.22. The van der Waals surface area contributed by atoms with Gasteiger partial charge in [0.25, 0.3) is 0 Å². The van der Waals surface area contributed by atoms with Crippen molar-refractivity contribution < 1.29 is 14.0 Å². The molecule has 3 N–H and O–H groups in total. The topological polar surface area (TPSA) is 101 Å². The molecule has 0 bridgehead atoms. The Morgan fingerprint density at radius 1 is 1.12 bits per heavy atom. The predicted molar refractivity (Wildman–Crippen MR) is 130 cm³/mol. The van der Waals surface area contributed by atoms with E-state index in [-0.39, 0.29) is 35.2 Å². The third-order valence-corrected chi connectivity index (χ3v) is 6.23. The number of carbonyl (C=O) groups excluding carboxylic acids is 2. The lowest BCUT2D eigenvalue weighted by Gasteiger charge is -2.38. The number of aromatic nitrogens is 2. The van der Waals surface area contributed by atoms with Crippen LogP contribution in [0.25, 0.3) is 11.3 Å². The summed E-state index contributed by atoms with van der Waals surface area (Å²) in [5, 5.41) is 3.03. The van der Waals surface area contributed by atoms with Crippen LogP contribution in [0.4, 0.5) is 16.2 Å². The van der Waals surface area contributed by atoms with Crippen LogP contribution in [0.5, 0.6) is 0 Å². The van der Waals surface area contributed by atoms with Crippen LogP contribution in [-0.2, 0) is 11.3 Å². The molecule has 0 unspecified atom stereocenters.